The minimum atomic E-state index is -6.44. The molecule has 0 atom stereocenters. The van der Waals surface area contributed by atoms with E-state index in [1.807, 2.05) is 0 Å². The summed E-state index contributed by atoms with van der Waals surface area (Å²) in [5.74, 6) is -1.97. The fraction of sp³-hybridized carbons (Fsp3) is 0.444. The molecule has 138 valence electrons. The fourth-order valence-electron chi connectivity index (χ4n) is 1.17. The number of alkyl halides is 9. The Morgan fingerprint density at radius 1 is 1.04 bits per heavy atom. The second-order valence-corrected chi connectivity index (χ2v) is 5.56. The van der Waals surface area contributed by atoms with Crippen LogP contribution in [0.1, 0.15) is 5.56 Å². The van der Waals surface area contributed by atoms with E-state index in [-0.39, 0.29) is 12.3 Å². The molecule has 0 saturated carbocycles. The van der Waals surface area contributed by atoms with E-state index < -0.39 is 51.7 Å². The molecule has 15 heteroatoms. The van der Waals surface area contributed by atoms with Crippen molar-refractivity contribution >= 4 is 15.8 Å². The van der Waals surface area contributed by atoms with Gasteiger partial charge in [0.25, 0.3) is 0 Å². The number of aromatic nitrogens is 1. The predicted octanol–water partition coefficient (Wildman–Crippen LogP) is 3.30. The van der Waals surface area contributed by atoms with Crippen molar-refractivity contribution in [2.24, 2.45) is 0 Å². The second kappa shape index (κ2) is 6.18. The Kier molecular flexibility index (Phi) is 5.18. The molecule has 0 radical (unpaired) electrons. The van der Waals surface area contributed by atoms with Gasteiger partial charge in [-0.15, -0.1) is 0 Å². The lowest BCUT2D eigenvalue weighted by atomic mass is 10.2. The Morgan fingerprint density at radius 2 is 1.58 bits per heavy atom. The van der Waals surface area contributed by atoms with E-state index in [0.717, 1.165) is 0 Å². The fourth-order valence-corrected chi connectivity index (χ4v) is 1.61. The summed E-state index contributed by atoms with van der Waals surface area (Å²) in [4.78, 5) is 2.69. The van der Waals surface area contributed by atoms with Gasteiger partial charge in [-0.2, -0.15) is 47.9 Å². The molecular weight excluding hydrogens is 387 g/mol. The predicted molar refractivity (Wildman–Crippen MR) is 59.4 cm³/mol. The Morgan fingerprint density at radius 3 is 2.00 bits per heavy atom. The summed E-state index contributed by atoms with van der Waals surface area (Å²) in [7, 11) is -6.44. The highest BCUT2D eigenvalue weighted by Crippen LogP contribution is 2.38. The molecule has 1 N–H and O–H groups in total. The molecule has 0 spiro atoms. The zero-order chi connectivity index (χ0) is 19.0. The number of nitrogens with one attached hydrogen (secondary N) is 1. The van der Waals surface area contributed by atoms with Crippen LogP contribution in [0.15, 0.2) is 12.3 Å². The first kappa shape index (κ1) is 20.1. The standard InChI is InChI=1S/C9H5F9N2O3S/c10-7(11,12)3-20-4-1-5(8(13,14)15)6(19-2-4)23-24(21,22)9(16,17)18/h1-2,20H,3H2. The minimum absolute atomic E-state index is 0.0695. The molecule has 1 rings (SSSR count). The first-order chi connectivity index (χ1) is 10.5. The topological polar surface area (TPSA) is 68.3 Å². The van der Waals surface area contributed by atoms with Crippen molar-refractivity contribution in [1.29, 1.82) is 0 Å². The molecule has 0 amide bonds. The van der Waals surface area contributed by atoms with Gasteiger partial charge < -0.3 is 9.50 Å². The third kappa shape index (κ3) is 5.31. The van der Waals surface area contributed by atoms with Gasteiger partial charge >= 0.3 is 28.0 Å². The van der Waals surface area contributed by atoms with Crippen LogP contribution in [0.25, 0.3) is 0 Å². The molecule has 0 bridgehead atoms. The number of halogens is 9. The molecule has 0 aliphatic carbocycles. The van der Waals surface area contributed by atoms with Gasteiger partial charge in [0.05, 0.1) is 11.9 Å². The van der Waals surface area contributed by atoms with Gasteiger partial charge in [-0.3, -0.25) is 0 Å². The highest BCUT2D eigenvalue weighted by atomic mass is 32.2. The van der Waals surface area contributed by atoms with Crippen LogP contribution in [-0.4, -0.2) is 31.6 Å². The Balaban J connectivity index is 3.23. The number of hydrogen-bond acceptors (Lipinski definition) is 5. The van der Waals surface area contributed by atoms with E-state index in [9.17, 15) is 47.9 Å². The molecule has 24 heavy (non-hydrogen) atoms. The van der Waals surface area contributed by atoms with Gasteiger partial charge in [0.15, 0.2) is 0 Å². The van der Waals surface area contributed by atoms with Crippen LogP contribution < -0.4 is 9.50 Å². The molecular formula is C9H5F9N2O3S. The monoisotopic (exact) mass is 392 g/mol. The lowest BCUT2D eigenvalue weighted by Crippen LogP contribution is -2.29. The van der Waals surface area contributed by atoms with E-state index in [0.29, 0.717) is 0 Å². The minimum Gasteiger partial charge on any atom is -0.375 e. The van der Waals surface area contributed by atoms with Crippen molar-refractivity contribution in [2.45, 2.75) is 17.9 Å². The van der Waals surface area contributed by atoms with Crippen LogP contribution in [-0.2, 0) is 16.3 Å². The maximum Gasteiger partial charge on any atom is 0.534 e. The molecule has 0 aliphatic heterocycles. The number of hydrogen-bond donors (Lipinski definition) is 1. The van der Waals surface area contributed by atoms with Crippen molar-refractivity contribution in [1.82, 2.24) is 4.98 Å². The van der Waals surface area contributed by atoms with Crippen LogP contribution in [0.5, 0.6) is 5.88 Å². The molecule has 1 aromatic rings. The van der Waals surface area contributed by atoms with Crippen LogP contribution in [0.2, 0.25) is 0 Å². The van der Waals surface area contributed by atoms with Gasteiger partial charge in [-0.1, -0.05) is 0 Å². The van der Waals surface area contributed by atoms with E-state index in [2.05, 4.69) is 9.17 Å². The van der Waals surface area contributed by atoms with Gasteiger partial charge in [0, 0.05) is 0 Å². The quantitative estimate of drug-likeness (QED) is 0.484. The molecule has 5 nitrogen and oxygen atoms in total. The van der Waals surface area contributed by atoms with Crippen LogP contribution in [0.4, 0.5) is 45.2 Å². The average molecular weight is 392 g/mol. The van der Waals surface area contributed by atoms with E-state index in [4.69, 9.17) is 0 Å². The van der Waals surface area contributed by atoms with Crippen molar-refractivity contribution in [3.05, 3.63) is 17.8 Å². The number of rotatable bonds is 4. The van der Waals surface area contributed by atoms with Crippen molar-refractivity contribution in [3.8, 4) is 5.88 Å². The largest absolute Gasteiger partial charge is 0.534 e. The van der Waals surface area contributed by atoms with Crippen molar-refractivity contribution < 1.29 is 52.1 Å². The zero-order valence-electron chi connectivity index (χ0n) is 10.8. The molecule has 0 unspecified atom stereocenters. The Hall–Kier alpha value is -1.93. The Bertz CT molecular complexity index is 694. The molecule has 0 fully saturated rings. The van der Waals surface area contributed by atoms with Gasteiger partial charge in [-0.05, 0) is 6.07 Å². The average Bonchev–Trinajstić information content (AvgIpc) is 2.33. The first-order valence-electron chi connectivity index (χ1n) is 5.41. The van der Waals surface area contributed by atoms with E-state index >= 15 is 0 Å². The molecule has 0 saturated heterocycles. The smallest absolute Gasteiger partial charge is 0.375 e. The van der Waals surface area contributed by atoms with Crippen LogP contribution in [0, 0.1) is 0 Å². The Labute approximate surface area is 127 Å². The van der Waals surface area contributed by atoms with Crippen LogP contribution in [0.3, 0.4) is 0 Å². The summed E-state index contributed by atoms with van der Waals surface area (Å²) in [5, 5.41) is 1.50. The summed E-state index contributed by atoms with van der Waals surface area (Å²) in [6, 6.07) is -0.0695. The molecule has 1 heterocycles. The summed E-state index contributed by atoms with van der Waals surface area (Å²) in [5.41, 5.74) is -9.00. The maximum absolute atomic E-state index is 12.7. The first-order valence-corrected chi connectivity index (χ1v) is 6.82. The van der Waals surface area contributed by atoms with Crippen LogP contribution >= 0.6 is 0 Å². The lowest BCUT2D eigenvalue weighted by Gasteiger charge is -2.16. The zero-order valence-corrected chi connectivity index (χ0v) is 11.7. The molecule has 0 aromatic carbocycles. The summed E-state index contributed by atoms with van der Waals surface area (Å²) in [6.45, 7) is -1.76. The van der Waals surface area contributed by atoms with Gasteiger partial charge in [-0.25, -0.2) is 4.98 Å². The van der Waals surface area contributed by atoms with Gasteiger partial charge in [0.1, 0.15) is 12.1 Å². The number of nitrogens with zero attached hydrogens (tertiary/aromatic N) is 1. The van der Waals surface area contributed by atoms with E-state index in [1.165, 1.54) is 5.32 Å². The highest BCUT2D eigenvalue weighted by Gasteiger charge is 2.50. The summed E-state index contributed by atoms with van der Waals surface area (Å²) in [6.07, 6.45) is -9.99. The number of anilines is 1. The van der Waals surface area contributed by atoms with Gasteiger partial charge in [0.2, 0.25) is 5.88 Å². The van der Waals surface area contributed by atoms with Crippen molar-refractivity contribution in [2.75, 3.05) is 11.9 Å². The van der Waals surface area contributed by atoms with E-state index in [1.54, 1.807) is 0 Å². The molecule has 1 aromatic heterocycles. The summed E-state index contributed by atoms with van der Waals surface area (Å²) < 4.78 is 135. The normalized spacial score (nSPS) is 13.7. The van der Waals surface area contributed by atoms with Crippen molar-refractivity contribution in [3.63, 3.8) is 0 Å². The lowest BCUT2D eigenvalue weighted by molar-refractivity contribution is -0.138. The third-order valence-electron chi connectivity index (χ3n) is 2.12. The summed E-state index contributed by atoms with van der Waals surface area (Å²) >= 11 is 0. The SMILES string of the molecule is O=S(=O)(Oc1ncc(NCC(F)(F)F)cc1C(F)(F)F)C(F)(F)F. The maximum atomic E-state index is 12.7. The number of pyridine rings is 1. The highest BCUT2D eigenvalue weighted by molar-refractivity contribution is 7.87. The third-order valence-corrected chi connectivity index (χ3v) is 3.07. The molecule has 0 aliphatic rings. The second-order valence-electron chi connectivity index (χ2n) is 4.03.